The highest BCUT2D eigenvalue weighted by molar-refractivity contribution is 5.86. The molecular formula is C18H34O2. The van der Waals surface area contributed by atoms with Crippen LogP contribution in [-0.4, -0.2) is 12.6 Å². The number of hydrogen-bond acceptors (Lipinski definition) is 2. The van der Waals surface area contributed by atoms with E-state index in [2.05, 4.69) is 20.4 Å². The van der Waals surface area contributed by atoms with E-state index in [4.69, 9.17) is 4.74 Å². The monoisotopic (exact) mass is 282 g/mol. The van der Waals surface area contributed by atoms with Gasteiger partial charge in [-0.25, -0.2) is 4.79 Å². The van der Waals surface area contributed by atoms with Gasteiger partial charge in [0.2, 0.25) is 0 Å². The van der Waals surface area contributed by atoms with Crippen LogP contribution < -0.4 is 0 Å². The maximum absolute atomic E-state index is 11.3. The summed E-state index contributed by atoms with van der Waals surface area (Å²) in [6.07, 6.45) is 13.1. The second-order valence-electron chi connectivity index (χ2n) is 5.92. The van der Waals surface area contributed by atoms with Crippen molar-refractivity contribution < 1.29 is 9.53 Å². The fourth-order valence-electron chi connectivity index (χ4n) is 2.29. The van der Waals surface area contributed by atoms with Crippen LogP contribution in [0.3, 0.4) is 0 Å². The fraction of sp³-hybridized carbons (Fsp3) is 0.833. The molecule has 0 saturated carbocycles. The molecule has 0 heterocycles. The van der Waals surface area contributed by atoms with Crippen LogP contribution in [0.5, 0.6) is 0 Å². The van der Waals surface area contributed by atoms with Gasteiger partial charge in [0.1, 0.15) is 0 Å². The lowest BCUT2D eigenvalue weighted by molar-refractivity contribution is -0.140. The lowest BCUT2D eigenvalue weighted by Gasteiger charge is -2.15. The zero-order chi connectivity index (χ0) is 15.2. The Balaban J connectivity index is 3.50. The summed E-state index contributed by atoms with van der Waals surface area (Å²) < 4.78 is 5.24. The smallest absolute Gasteiger partial charge is 0.333 e. The van der Waals surface area contributed by atoms with Gasteiger partial charge < -0.3 is 4.74 Å². The van der Waals surface area contributed by atoms with Gasteiger partial charge in [-0.15, -0.1) is 0 Å². The fourth-order valence-corrected chi connectivity index (χ4v) is 2.29. The summed E-state index contributed by atoms with van der Waals surface area (Å²) in [6, 6.07) is 0. The Hall–Kier alpha value is -0.790. The normalized spacial score (nSPS) is 12.2. The van der Waals surface area contributed by atoms with E-state index in [1.165, 1.54) is 57.8 Å². The first-order valence-corrected chi connectivity index (χ1v) is 8.44. The molecule has 0 aliphatic heterocycles. The summed E-state index contributed by atoms with van der Waals surface area (Å²) >= 11 is 0. The predicted octanol–water partition coefficient (Wildman–Crippen LogP) is 5.66. The van der Waals surface area contributed by atoms with Crippen molar-refractivity contribution >= 4 is 5.97 Å². The summed E-state index contributed by atoms with van der Waals surface area (Å²) in [5.41, 5.74) is 0.493. The minimum Gasteiger partial charge on any atom is -0.462 e. The summed E-state index contributed by atoms with van der Waals surface area (Å²) in [4.78, 5) is 11.3. The molecule has 118 valence electrons. The molecule has 0 aliphatic rings. The highest BCUT2D eigenvalue weighted by Gasteiger charge is 2.10. The molecule has 0 radical (unpaired) electrons. The molecule has 2 heteroatoms. The number of ether oxygens (including phenoxy) is 1. The van der Waals surface area contributed by atoms with Crippen LogP contribution in [0.1, 0.15) is 85.0 Å². The SMILES string of the molecule is C=C(C)C(=O)OCC(CC)CCCCCCCCCC. The van der Waals surface area contributed by atoms with E-state index < -0.39 is 0 Å². The Kier molecular flexibility index (Phi) is 12.7. The van der Waals surface area contributed by atoms with E-state index in [0.29, 0.717) is 18.1 Å². The van der Waals surface area contributed by atoms with Crippen LogP contribution >= 0.6 is 0 Å². The van der Waals surface area contributed by atoms with Gasteiger partial charge in [0.25, 0.3) is 0 Å². The number of unbranched alkanes of at least 4 members (excludes halogenated alkanes) is 7. The molecule has 0 amide bonds. The molecular weight excluding hydrogens is 248 g/mol. The van der Waals surface area contributed by atoms with Crippen LogP contribution in [0.25, 0.3) is 0 Å². The summed E-state index contributed by atoms with van der Waals surface area (Å²) in [7, 11) is 0. The first kappa shape index (κ1) is 19.2. The van der Waals surface area contributed by atoms with E-state index in [9.17, 15) is 4.79 Å². The molecule has 0 saturated heterocycles. The van der Waals surface area contributed by atoms with Crippen molar-refractivity contribution in [3.8, 4) is 0 Å². The van der Waals surface area contributed by atoms with Crippen molar-refractivity contribution in [2.75, 3.05) is 6.61 Å². The Labute approximate surface area is 126 Å². The molecule has 0 aromatic rings. The topological polar surface area (TPSA) is 26.3 Å². The number of carbonyl (C=O) groups excluding carboxylic acids is 1. The number of hydrogen-bond donors (Lipinski definition) is 0. The molecule has 0 aromatic heterocycles. The molecule has 0 aromatic carbocycles. The number of rotatable bonds is 13. The first-order chi connectivity index (χ1) is 9.61. The van der Waals surface area contributed by atoms with Gasteiger partial charge in [0.15, 0.2) is 0 Å². The van der Waals surface area contributed by atoms with E-state index in [1.54, 1.807) is 6.92 Å². The van der Waals surface area contributed by atoms with Crippen LogP contribution in [-0.2, 0) is 9.53 Å². The number of carbonyl (C=O) groups is 1. The van der Waals surface area contributed by atoms with Gasteiger partial charge in [-0.3, -0.25) is 0 Å². The average Bonchev–Trinajstić information content (AvgIpc) is 2.44. The highest BCUT2D eigenvalue weighted by atomic mass is 16.5. The molecule has 1 atom stereocenters. The first-order valence-electron chi connectivity index (χ1n) is 8.44. The molecule has 1 unspecified atom stereocenters. The molecule has 0 spiro atoms. The molecule has 2 nitrogen and oxygen atoms in total. The van der Waals surface area contributed by atoms with Crippen LogP contribution in [0.4, 0.5) is 0 Å². The second-order valence-corrected chi connectivity index (χ2v) is 5.92. The summed E-state index contributed by atoms with van der Waals surface area (Å²) in [5, 5.41) is 0. The Morgan fingerprint density at radius 2 is 1.55 bits per heavy atom. The Morgan fingerprint density at radius 1 is 1.00 bits per heavy atom. The van der Waals surface area contributed by atoms with E-state index in [0.717, 1.165) is 6.42 Å². The largest absolute Gasteiger partial charge is 0.462 e. The third-order valence-electron chi connectivity index (χ3n) is 3.84. The third-order valence-corrected chi connectivity index (χ3v) is 3.84. The zero-order valence-electron chi connectivity index (χ0n) is 13.9. The average molecular weight is 282 g/mol. The standard InChI is InChI=1S/C18H34O2/c1-5-7-8-9-10-11-12-13-14-17(6-2)15-20-18(19)16(3)4/h17H,3,5-15H2,1-2,4H3. The van der Waals surface area contributed by atoms with E-state index in [1.807, 2.05) is 0 Å². The number of esters is 1. The van der Waals surface area contributed by atoms with Gasteiger partial charge in [0, 0.05) is 5.57 Å². The lowest BCUT2D eigenvalue weighted by Crippen LogP contribution is -2.14. The van der Waals surface area contributed by atoms with Crippen molar-refractivity contribution in [3.63, 3.8) is 0 Å². The summed E-state index contributed by atoms with van der Waals surface area (Å²) in [6.45, 7) is 10.3. The second kappa shape index (κ2) is 13.2. The van der Waals surface area contributed by atoms with Crippen LogP contribution in [0.2, 0.25) is 0 Å². The molecule has 0 rings (SSSR count). The van der Waals surface area contributed by atoms with Gasteiger partial charge in [-0.1, -0.05) is 78.2 Å². The predicted molar refractivity (Wildman–Crippen MR) is 86.8 cm³/mol. The van der Waals surface area contributed by atoms with Crippen molar-refractivity contribution in [1.29, 1.82) is 0 Å². The minimum absolute atomic E-state index is 0.251. The molecule has 20 heavy (non-hydrogen) atoms. The lowest BCUT2D eigenvalue weighted by atomic mass is 9.98. The van der Waals surface area contributed by atoms with Crippen LogP contribution in [0, 0.1) is 5.92 Å². The van der Waals surface area contributed by atoms with Gasteiger partial charge in [-0.05, 0) is 19.3 Å². The van der Waals surface area contributed by atoms with Crippen molar-refractivity contribution in [2.45, 2.75) is 85.0 Å². The van der Waals surface area contributed by atoms with Crippen LogP contribution in [0.15, 0.2) is 12.2 Å². The Morgan fingerprint density at radius 3 is 2.05 bits per heavy atom. The molecule has 0 N–H and O–H groups in total. The van der Waals surface area contributed by atoms with Crippen molar-refractivity contribution in [1.82, 2.24) is 0 Å². The van der Waals surface area contributed by atoms with Crippen molar-refractivity contribution in [2.24, 2.45) is 5.92 Å². The molecule has 0 aliphatic carbocycles. The van der Waals surface area contributed by atoms with E-state index in [-0.39, 0.29) is 5.97 Å². The Bertz CT molecular complexity index is 258. The maximum atomic E-state index is 11.3. The zero-order valence-corrected chi connectivity index (χ0v) is 13.9. The van der Waals surface area contributed by atoms with Gasteiger partial charge >= 0.3 is 5.97 Å². The van der Waals surface area contributed by atoms with E-state index >= 15 is 0 Å². The molecule has 0 bridgehead atoms. The van der Waals surface area contributed by atoms with Gasteiger partial charge in [0.05, 0.1) is 6.61 Å². The summed E-state index contributed by atoms with van der Waals surface area (Å²) in [5.74, 6) is 0.262. The third kappa shape index (κ3) is 11.1. The highest BCUT2D eigenvalue weighted by Crippen LogP contribution is 2.16. The minimum atomic E-state index is -0.251. The van der Waals surface area contributed by atoms with Gasteiger partial charge in [-0.2, -0.15) is 0 Å². The molecule has 0 fully saturated rings. The maximum Gasteiger partial charge on any atom is 0.333 e. The quantitative estimate of drug-likeness (QED) is 0.247. The van der Waals surface area contributed by atoms with Crippen molar-refractivity contribution in [3.05, 3.63) is 12.2 Å².